The third-order valence-electron chi connectivity index (χ3n) is 5.02. The minimum atomic E-state index is 0.665. The van der Waals surface area contributed by atoms with Gasteiger partial charge < -0.3 is 9.64 Å². The van der Waals surface area contributed by atoms with Crippen LogP contribution in [0, 0.1) is 0 Å². The molecular formula is C23H24ClN3O. The van der Waals surface area contributed by atoms with Crippen molar-refractivity contribution >= 4 is 29.6 Å². The molecule has 1 saturated heterocycles. The van der Waals surface area contributed by atoms with Gasteiger partial charge in [0.2, 0.25) is 0 Å². The maximum absolute atomic E-state index is 6.20. The van der Waals surface area contributed by atoms with Crippen molar-refractivity contribution in [2.24, 2.45) is 5.10 Å². The molecule has 28 heavy (non-hydrogen) atoms. The van der Waals surface area contributed by atoms with Gasteiger partial charge in [-0.15, -0.1) is 0 Å². The second-order valence-corrected chi connectivity index (χ2v) is 7.31. The molecule has 0 amide bonds. The second kappa shape index (κ2) is 9.09. The second-order valence-electron chi connectivity index (χ2n) is 6.90. The number of ether oxygens (including phenoxy) is 1. The van der Waals surface area contributed by atoms with E-state index in [1.165, 1.54) is 22.4 Å². The summed E-state index contributed by atoms with van der Waals surface area (Å²) < 4.78 is 5.56. The van der Waals surface area contributed by atoms with Gasteiger partial charge in [-0.1, -0.05) is 54.1 Å². The van der Waals surface area contributed by atoms with Crippen LogP contribution in [0.25, 0.3) is 6.08 Å². The zero-order valence-electron chi connectivity index (χ0n) is 15.8. The lowest BCUT2D eigenvalue weighted by atomic mass is 10.1. The number of nitrogens with one attached hydrogen (secondary N) is 1. The zero-order chi connectivity index (χ0) is 19.2. The van der Waals surface area contributed by atoms with Gasteiger partial charge in [0.1, 0.15) is 0 Å². The summed E-state index contributed by atoms with van der Waals surface area (Å²) in [5.41, 5.74) is 9.04. The number of anilines is 1. The molecule has 0 atom stereocenters. The minimum Gasteiger partial charge on any atom is -0.378 e. The first kappa shape index (κ1) is 18.8. The predicted molar refractivity (Wildman–Crippen MR) is 117 cm³/mol. The van der Waals surface area contributed by atoms with Gasteiger partial charge >= 0.3 is 0 Å². The van der Waals surface area contributed by atoms with E-state index in [-0.39, 0.29) is 0 Å². The van der Waals surface area contributed by atoms with Gasteiger partial charge in [-0.3, -0.25) is 5.43 Å². The Labute approximate surface area is 171 Å². The summed E-state index contributed by atoms with van der Waals surface area (Å²) in [6.07, 6.45) is 6.25. The van der Waals surface area contributed by atoms with Gasteiger partial charge in [0.15, 0.2) is 0 Å². The Bertz CT molecular complexity index is 899. The van der Waals surface area contributed by atoms with Gasteiger partial charge in [-0.25, -0.2) is 0 Å². The topological polar surface area (TPSA) is 36.9 Å². The number of benzene rings is 2. The first-order valence-corrected chi connectivity index (χ1v) is 10.0. The maximum Gasteiger partial charge on any atom is 0.0748 e. The highest BCUT2D eigenvalue weighted by molar-refractivity contribution is 6.33. The molecule has 1 aliphatic carbocycles. The van der Waals surface area contributed by atoms with E-state index in [0.717, 1.165) is 44.8 Å². The van der Waals surface area contributed by atoms with E-state index in [9.17, 15) is 0 Å². The molecule has 0 bridgehead atoms. The summed E-state index contributed by atoms with van der Waals surface area (Å²) in [5.74, 6) is 0. The number of hydrazone groups is 1. The van der Waals surface area contributed by atoms with Crippen molar-refractivity contribution in [1.29, 1.82) is 0 Å². The minimum absolute atomic E-state index is 0.665. The van der Waals surface area contributed by atoms with Crippen molar-refractivity contribution in [3.8, 4) is 0 Å². The van der Waals surface area contributed by atoms with E-state index in [0.29, 0.717) is 5.02 Å². The number of halogens is 1. The molecular weight excluding hydrogens is 370 g/mol. The summed E-state index contributed by atoms with van der Waals surface area (Å²) in [4.78, 5) is 2.43. The van der Waals surface area contributed by atoms with Crippen LogP contribution in [0.5, 0.6) is 0 Å². The van der Waals surface area contributed by atoms with E-state index in [1.54, 1.807) is 0 Å². The Morgan fingerprint density at radius 3 is 2.50 bits per heavy atom. The Kier molecular flexibility index (Phi) is 6.10. The summed E-state index contributed by atoms with van der Waals surface area (Å²) in [6, 6.07) is 18.1. The van der Waals surface area contributed by atoms with Gasteiger partial charge in [-0.05, 0) is 47.8 Å². The Morgan fingerprint density at radius 2 is 1.71 bits per heavy atom. The normalized spacial score (nSPS) is 19.0. The molecule has 4 nitrogen and oxygen atoms in total. The molecule has 1 fully saturated rings. The van der Waals surface area contributed by atoms with Crippen LogP contribution in [0.15, 0.2) is 76.5 Å². The van der Waals surface area contributed by atoms with Crippen LogP contribution in [-0.2, 0) is 4.74 Å². The van der Waals surface area contributed by atoms with Gasteiger partial charge in [0, 0.05) is 18.8 Å². The van der Waals surface area contributed by atoms with Gasteiger partial charge in [0.05, 0.1) is 30.1 Å². The molecule has 1 N–H and O–H groups in total. The Hall–Kier alpha value is -2.56. The zero-order valence-corrected chi connectivity index (χ0v) is 16.5. The van der Waals surface area contributed by atoms with E-state index >= 15 is 0 Å². The summed E-state index contributed by atoms with van der Waals surface area (Å²) in [6.45, 7) is 3.36. The quantitative estimate of drug-likeness (QED) is 0.560. The van der Waals surface area contributed by atoms with Crippen molar-refractivity contribution in [3.05, 3.63) is 82.0 Å². The first-order valence-electron chi connectivity index (χ1n) is 9.67. The van der Waals surface area contributed by atoms with Crippen LogP contribution in [0.3, 0.4) is 0 Å². The number of hydrogen-bond acceptors (Lipinski definition) is 4. The van der Waals surface area contributed by atoms with E-state index in [4.69, 9.17) is 16.3 Å². The lowest BCUT2D eigenvalue weighted by Crippen LogP contribution is -2.36. The monoisotopic (exact) mass is 393 g/mol. The summed E-state index contributed by atoms with van der Waals surface area (Å²) in [5, 5.41) is 5.13. The lowest BCUT2D eigenvalue weighted by molar-refractivity contribution is 0.0548. The largest absolute Gasteiger partial charge is 0.378 e. The number of para-hydroxylation sites is 1. The van der Waals surface area contributed by atoms with E-state index < -0.39 is 0 Å². The third-order valence-corrected chi connectivity index (χ3v) is 5.35. The summed E-state index contributed by atoms with van der Waals surface area (Å²) >= 11 is 6.20. The predicted octanol–water partition coefficient (Wildman–Crippen LogP) is 5.20. The third kappa shape index (κ3) is 4.46. The molecule has 2 aliphatic rings. The average molecular weight is 394 g/mol. The molecule has 0 radical (unpaired) electrons. The molecule has 4 rings (SSSR count). The molecule has 5 heteroatoms. The number of rotatable bonds is 5. The van der Waals surface area contributed by atoms with Gasteiger partial charge in [0.25, 0.3) is 0 Å². The Morgan fingerprint density at radius 1 is 0.964 bits per heavy atom. The molecule has 0 saturated carbocycles. The van der Waals surface area contributed by atoms with Crippen molar-refractivity contribution in [2.75, 3.05) is 31.7 Å². The van der Waals surface area contributed by atoms with Crippen LogP contribution in [-0.4, -0.2) is 37.4 Å². The van der Waals surface area contributed by atoms with Crippen molar-refractivity contribution in [3.63, 3.8) is 0 Å². The molecule has 0 aromatic heterocycles. The van der Waals surface area contributed by atoms with E-state index in [1.807, 2.05) is 36.5 Å². The number of hydrogen-bond donors (Lipinski definition) is 1. The van der Waals surface area contributed by atoms with Crippen molar-refractivity contribution in [2.45, 2.75) is 12.8 Å². The fraction of sp³-hybridized carbons (Fsp3) is 0.261. The highest BCUT2D eigenvalue weighted by Gasteiger charge is 2.25. The maximum atomic E-state index is 6.20. The van der Waals surface area contributed by atoms with Crippen LogP contribution < -0.4 is 5.43 Å². The molecule has 2 aromatic rings. The number of allylic oxidation sites excluding steroid dienone is 2. The number of morpholine rings is 1. The summed E-state index contributed by atoms with van der Waals surface area (Å²) in [7, 11) is 0. The molecule has 0 unspecified atom stereocenters. The van der Waals surface area contributed by atoms with Crippen molar-refractivity contribution < 1.29 is 4.74 Å². The molecule has 0 spiro atoms. The fourth-order valence-electron chi connectivity index (χ4n) is 3.65. The molecule has 144 valence electrons. The SMILES string of the molecule is Clc1ccccc1N/N=C/C1=C(N2CCOCC2)C(=C\c2ccccc2)/CC1. The van der Waals surface area contributed by atoms with Crippen molar-refractivity contribution in [1.82, 2.24) is 4.90 Å². The molecule has 1 heterocycles. The number of nitrogens with zero attached hydrogens (tertiary/aromatic N) is 2. The van der Waals surface area contributed by atoms with E-state index in [2.05, 4.69) is 45.8 Å². The average Bonchev–Trinajstić information content (AvgIpc) is 3.13. The molecule has 2 aromatic carbocycles. The fourth-order valence-corrected chi connectivity index (χ4v) is 3.83. The lowest BCUT2D eigenvalue weighted by Gasteiger charge is -2.31. The molecule has 1 aliphatic heterocycles. The van der Waals surface area contributed by atoms with Crippen LogP contribution in [0.2, 0.25) is 5.02 Å². The highest BCUT2D eigenvalue weighted by atomic mass is 35.5. The highest BCUT2D eigenvalue weighted by Crippen LogP contribution is 2.35. The van der Waals surface area contributed by atoms with Crippen LogP contribution in [0.1, 0.15) is 18.4 Å². The first-order chi connectivity index (χ1) is 13.8. The van der Waals surface area contributed by atoms with Gasteiger partial charge in [-0.2, -0.15) is 5.10 Å². The smallest absolute Gasteiger partial charge is 0.0748 e. The van der Waals surface area contributed by atoms with Crippen LogP contribution >= 0.6 is 11.6 Å². The Balaban J connectivity index is 1.61. The standard InChI is InChI=1S/C23H24ClN3O/c24-21-8-4-5-9-22(21)26-25-17-20-11-10-19(16-18-6-2-1-3-7-18)23(20)27-12-14-28-15-13-27/h1-9,16-17,26H,10-15H2/b19-16-,25-17+. The van der Waals surface area contributed by atoms with Crippen LogP contribution in [0.4, 0.5) is 5.69 Å².